The average molecular weight is 387 g/mol. The van der Waals surface area contributed by atoms with Gasteiger partial charge in [0.15, 0.2) is 12.4 Å². The molecule has 0 amide bonds. The monoisotopic (exact) mass is 387 g/mol. The van der Waals surface area contributed by atoms with Crippen LogP contribution >= 0.6 is 0 Å². The Morgan fingerprint density at radius 3 is 2.25 bits per heavy atom. The minimum Gasteiger partial charge on any atom is -0.497 e. The van der Waals surface area contributed by atoms with Crippen LogP contribution in [0.4, 0.5) is 0 Å². The summed E-state index contributed by atoms with van der Waals surface area (Å²) in [6, 6.07) is 7.14. The number of Topliss-reactive ketones (excluding diaryl/α,β-unsaturated/α-hetero) is 2. The van der Waals surface area contributed by atoms with Gasteiger partial charge in [-0.3, -0.25) is 14.4 Å². The van der Waals surface area contributed by atoms with Crippen LogP contribution in [0.5, 0.6) is 11.5 Å². The fraction of sp³-hybridized carbons (Fsp3) is 0.381. The molecule has 7 nitrogen and oxygen atoms in total. The van der Waals surface area contributed by atoms with E-state index in [1.54, 1.807) is 45.2 Å². The lowest BCUT2D eigenvalue weighted by Crippen LogP contribution is -2.16. The van der Waals surface area contributed by atoms with Gasteiger partial charge in [0.2, 0.25) is 5.78 Å². The predicted molar refractivity (Wildman–Crippen MR) is 103 cm³/mol. The molecule has 2 aromatic rings. The van der Waals surface area contributed by atoms with Gasteiger partial charge < -0.3 is 19.2 Å². The molecule has 0 radical (unpaired) electrons. The number of aromatic amines is 1. The van der Waals surface area contributed by atoms with Crippen LogP contribution in [-0.4, -0.2) is 42.8 Å². The van der Waals surface area contributed by atoms with E-state index in [1.165, 1.54) is 6.92 Å². The first kappa shape index (κ1) is 21.2. The number of aryl methyl sites for hydroxylation is 1. The zero-order valence-electron chi connectivity index (χ0n) is 16.6. The number of ketones is 2. The number of methoxy groups -OCH3 is 1. The van der Waals surface area contributed by atoms with Crippen molar-refractivity contribution in [1.29, 1.82) is 0 Å². The predicted octanol–water partition coefficient (Wildman–Crippen LogP) is 3.43. The first-order valence-corrected chi connectivity index (χ1v) is 8.99. The largest absolute Gasteiger partial charge is 0.497 e. The summed E-state index contributed by atoms with van der Waals surface area (Å²) in [4.78, 5) is 38.6. The van der Waals surface area contributed by atoms with Crippen LogP contribution < -0.4 is 9.47 Å². The molecule has 1 aromatic carbocycles. The van der Waals surface area contributed by atoms with E-state index >= 15 is 0 Å². The number of carbonyl (C=O) groups is 3. The van der Waals surface area contributed by atoms with Crippen LogP contribution in [0.1, 0.15) is 51.9 Å². The van der Waals surface area contributed by atoms with Gasteiger partial charge in [0.05, 0.1) is 19.4 Å². The number of benzene rings is 1. The first-order valence-electron chi connectivity index (χ1n) is 8.99. The number of carbonyl (C=O) groups excluding carboxylic acids is 3. The number of esters is 1. The smallest absolute Gasteiger partial charge is 0.306 e. The van der Waals surface area contributed by atoms with Gasteiger partial charge in [-0.05, 0) is 57.0 Å². The maximum Gasteiger partial charge on any atom is 0.306 e. The van der Waals surface area contributed by atoms with Crippen molar-refractivity contribution >= 4 is 17.5 Å². The topological polar surface area (TPSA) is 94.7 Å². The highest BCUT2D eigenvalue weighted by Crippen LogP contribution is 2.19. The molecule has 0 bridgehead atoms. The van der Waals surface area contributed by atoms with Gasteiger partial charge in [-0.15, -0.1) is 0 Å². The Kier molecular flexibility index (Phi) is 7.37. The number of ether oxygens (including phenoxy) is 3. The third-order valence-corrected chi connectivity index (χ3v) is 4.29. The summed E-state index contributed by atoms with van der Waals surface area (Å²) in [5.74, 6) is 0.473. The van der Waals surface area contributed by atoms with Crippen molar-refractivity contribution in [3.05, 3.63) is 46.8 Å². The molecule has 28 heavy (non-hydrogen) atoms. The number of rotatable bonds is 10. The van der Waals surface area contributed by atoms with Crippen LogP contribution in [0.25, 0.3) is 0 Å². The minimum absolute atomic E-state index is 0.112. The molecule has 2 rings (SSSR count). The standard InChI is InChI=1S/C21H25NO6/c1-13-20(15(3)23)14(2)22-21(13)18(24)12-28-19(25)6-5-11-27-17-9-7-16(26-4)8-10-17/h7-10,22H,5-6,11-12H2,1-4H3. The van der Waals surface area contributed by atoms with Gasteiger partial charge in [0, 0.05) is 17.7 Å². The van der Waals surface area contributed by atoms with Crippen LogP contribution in [0, 0.1) is 13.8 Å². The minimum atomic E-state index is -0.473. The van der Waals surface area contributed by atoms with E-state index in [4.69, 9.17) is 14.2 Å². The zero-order valence-corrected chi connectivity index (χ0v) is 16.6. The van der Waals surface area contributed by atoms with Gasteiger partial charge in [-0.1, -0.05) is 0 Å². The Morgan fingerprint density at radius 2 is 1.68 bits per heavy atom. The summed E-state index contributed by atoms with van der Waals surface area (Å²) in [7, 11) is 1.59. The SMILES string of the molecule is COc1ccc(OCCCC(=O)OCC(=O)c2[nH]c(C)c(C(C)=O)c2C)cc1. The number of nitrogens with one attached hydrogen (secondary N) is 1. The maximum absolute atomic E-state index is 12.3. The van der Waals surface area contributed by atoms with E-state index in [0.717, 1.165) is 5.75 Å². The van der Waals surface area contributed by atoms with E-state index < -0.39 is 5.97 Å². The average Bonchev–Trinajstić information content (AvgIpc) is 2.98. The summed E-state index contributed by atoms with van der Waals surface area (Å²) in [6.45, 7) is 4.87. The van der Waals surface area contributed by atoms with Crippen LogP contribution in [0.15, 0.2) is 24.3 Å². The van der Waals surface area contributed by atoms with Crippen LogP contribution in [0.2, 0.25) is 0 Å². The highest BCUT2D eigenvalue weighted by molar-refractivity contribution is 6.04. The Hall–Kier alpha value is -3.09. The Bertz CT molecular complexity index is 851. The number of hydrogen-bond acceptors (Lipinski definition) is 6. The van der Waals surface area contributed by atoms with Crippen LogP contribution in [-0.2, 0) is 9.53 Å². The lowest BCUT2D eigenvalue weighted by Gasteiger charge is -2.07. The zero-order chi connectivity index (χ0) is 20.7. The highest BCUT2D eigenvalue weighted by Gasteiger charge is 2.20. The van der Waals surface area contributed by atoms with E-state index in [0.29, 0.717) is 41.3 Å². The summed E-state index contributed by atoms with van der Waals surface area (Å²) < 4.78 is 15.6. The molecule has 1 N–H and O–H groups in total. The van der Waals surface area contributed by atoms with Crippen molar-refractivity contribution in [3.63, 3.8) is 0 Å². The molecule has 0 saturated heterocycles. The van der Waals surface area contributed by atoms with Crippen molar-refractivity contribution < 1.29 is 28.6 Å². The van der Waals surface area contributed by atoms with Crippen molar-refractivity contribution in [2.24, 2.45) is 0 Å². The molecule has 0 spiro atoms. The fourth-order valence-corrected chi connectivity index (χ4v) is 2.93. The molecule has 7 heteroatoms. The quantitative estimate of drug-likeness (QED) is 0.381. The second-order valence-electron chi connectivity index (χ2n) is 6.39. The molecule has 1 heterocycles. The first-order chi connectivity index (χ1) is 13.3. The highest BCUT2D eigenvalue weighted by atomic mass is 16.5. The van der Waals surface area contributed by atoms with Gasteiger partial charge >= 0.3 is 5.97 Å². The number of aromatic nitrogens is 1. The van der Waals surface area contributed by atoms with E-state index in [-0.39, 0.29) is 24.6 Å². The molecule has 0 aliphatic carbocycles. The van der Waals surface area contributed by atoms with E-state index in [9.17, 15) is 14.4 Å². The summed E-state index contributed by atoms with van der Waals surface area (Å²) >= 11 is 0. The molecule has 0 unspecified atom stereocenters. The van der Waals surface area contributed by atoms with Gasteiger partial charge in [-0.2, -0.15) is 0 Å². The molecule has 1 aromatic heterocycles. The summed E-state index contributed by atoms with van der Waals surface area (Å²) in [6.07, 6.45) is 0.610. The van der Waals surface area contributed by atoms with Crippen molar-refractivity contribution in [2.45, 2.75) is 33.6 Å². The number of H-pyrrole nitrogens is 1. The lowest BCUT2D eigenvalue weighted by molar-refractivity contribution is -0.142. The van der Waals surface area contributed by atoms with Crippen molar-refractivity contribution in [3.8, 4) is 11.5 Å². The third-order valence-electron chi connectivity index (χ3n) is 4.29. The molecule has 0 atom stereocenters. The van der Waals surface area contributed by atoms with Crippen LogP contribution in [0.3, 0.4) is 0 Å². The Morgan fingerprint density at radius 1 is 1.04 bits per heavy atom. The molecule has 0 fully saturated rings. The molecular weight excluding hydrogens is 362 g/mol. The second kappa shape index (κ2) is 9.73. The summed E-state index contributed by atoms with van der Waals surface area (Å²) in [5, 5.41) is 0. The van der Waals surface area contributed by atoms with Crippen molar-refractivity contribution in [1.82, 2.24) is 4.98 Å². The summed E-state index contributed by atoms with van der Waals surface area (Å²) in [5.41, 5.74) is 2.03. The van der Waals surface area contributed by atoms with Gasteiger partial charge in [-0.25, -0.2) is 0 Å². The normalized spacial score (nSPS) is 10.4. The number of hydrogen-bond donors (Lipinski definition) is 1. The Labute approximate surface area is 164 Å². The molecule has 0 aliphatic heterocycles. The van der Waals surface area contributed by atoms with Gasteiger partial charge in [0.25, 0.3) is 0 Å². The molecule has 150 valence electrons. The second-order valence-corrected chi connectivity index (χ2v) is 6.39. The van der Waals surface area contributed by atoms with Gasteiger partial charge in [0.1, 0.15) is 11.5 Å². The molecule has 0 aliphatic rings. The van der Waals surface area contributed by atoms with Crippen molar-refractivity contribution in [2.75, 3.05) is 20.3 Å². The van der Waals surface area contributed by atoms with E-state index in [1.807, 2.05) is 0 Å². The maximum atomic E-state index is 12.3. The fourth-order valence-electron chi connectivity index (χ4n) is 2.93. The Balaban J connectivity index is 1.74. The molecular formula is C21H25NO6. The lowest BCUT2D eigenvalue weighted by atomic mass is 10.1. The third kappa shape index (κ3) is 5.45. The van der Waals surface area contributed by atoms with E-state index in [2.05, 4.69) is 4.98 Å². The molecule has 0 saturated carbocycles.